The van der Waals surface area contributed by atoms with Gasteiger partial charge in [-0.05, 0) is 24.5 Å². The molecular formula is C16H23N5. The van der Waals surface area contributed by atoms with Crippen LogP contribution in [-0.4, -0.2) is 28.0 Å². The monoisotopic (exact) mass is 285 g/mol. The van der Waals surface area contributed by atoms with Crippen molar-refractivity contribution in [1.82, 2.24) is 15.0 Å². The average Bonchev–Trinajstić information content (AvgIpc) is 2.54. The fourth-order valence-electron chi connectivity index (χ4n) is 2.19. The predicted molar refractivity (Wildman–Crippen MR) is 86.4 cm³/mol. The summed E-state index contributed by atoms with van der Waals surface area (Å²) in [7, 11) is 0. The highest BCUT2D eigenvalue weighted by atomic mass is 15.2. The molecule has 0 aliphatic rings. The Hall–Kier alpha value is -2.17. The van der Waals surface area contributed by atoms with Crippen molar-refractivity contribution in [1.29, 1.82) is 0 Å². The lowest BCUT2D eigenvalue weighted by Crippen LogP contribution is -2.26. The molecule has 2 heterocycles. The zero-order chi connectivity index (χ0) is 14.9. The largest absolute Gasteiger partial charge is 0.366 e. The van der Waals surface area contributed by atoms with Crippen molar-refractivity contribution in [3.63, 3.8) is 0 Å². The maximum atomic E-state index is 4.39. The van der Waals surface area contributed by atoms with E-state index in [1.165, 1.54) is 0 Å². The second kappa shape index (κ2) is 8.19. The zero-order valence-electron chi connectivity index (χ0n) is 12.8. The molecular weight excluding hydrogens is 262 g/mol. The molecule has 2 aromatic heterocycles. The molecule has 0 spiro atoms. The van der Waals surface area contributed by atoms with Crippen LogP contribution in [0.3, 0.4) is 0 Å². The molecule has 5 heteroatoms. The minimum atomic E-state index is 0.714. The molecule has 0 unspecified atom stereocenters. The van der Waals surface area contributed by atoms with Crippen LogP contribution in [0.25, 0.3) is 0 Å². The van der Waals surface area contributed by atoms with E-state index < -0.39 is 0 Å². The average molecular weight is 285 g/mol. The van der Waals surface area contributed by atoms with Gasteiger partial charge in [-0.1, -0.05) is 19.9 Å². The van der Waals surface area contributed by atoms with Gasteiger partial charge in [-0.3, -0.25) is 4.98 Å². The predicted octanol–water partition coefficient (Wildman–Crippen LogP) is 3.11. The molecule has 2 aromatic rings. The molecule has 0 saturated carbocycles. The van der Waals surface area contributed by atoms with Crippen molar-refractivity contribution in [2.45, 2.75) is 33.2 Å². The molecule has 0 aromatic carbocycles. The van der Waals surface area contributed by atoms with Gasteiger partial charge >= 0.3 is 0 Å². The number of rotatable bonds is 8. The molecule has 112 valence electrons. The van der Waals surface area contributed by atoms with Crippen LogP contribution in [0.15, 0.2) is 36.9 Å². The molecule has 0 amide bonds. The molecule has 0 atom stereocenters. The van der Waals surface area contributed by atoms with Gasteiger partial charge in [-0.25, -0.2) is 9.97 Å². The number of hydrogen-bond donors (Lipinski definition) is 1. The summed E-state index contributed by atoms with van der Waals surface area (Å²) in [5.74, 6) is 1.84. The molecule has 5 nitrogen and oxygen atoms in total. The van der Waals surface area contributed by atoms with Gasteiger partial charge in [-0.15, -0.1) is 0 Å². The Morgan fingerprint density at radius 1 is 1.14 bits per heavy atom. The first kappa shape index (κ1) is 15.2. The summed E-state index contributed by atoms with van der Waals surface area (Å²) in [6.45, 7) is 7.13. The van der Waals surface area contributed by atoms with E-state index in [2.05, 4.69) is 39.0 Å². The zero-order valence-corrected chi connectivity index (χ0v) is 12.8. The summed E-state index contributed by atoms with van der Waals surface area (Å²) in [5.41, 5.74) is 1.14. The van der Waals surface area contributed by atoms with E-state index in [0.29, 0.717) is 6.54 Å². The Morgan fingerprint density at radius 2 is 1.95 bits per heavy atom. The topological polar surface area (TPSA) is 53.9 Å². The van der Waals surface area contributed by atoms with E-state index in [1.807, 2.05) is 24.4 Å². The number of nitrogens with one attached hydrogen (secondary N) is 1. The van der Waals surface area contributed by atoms with E-state index in [9.17, 15) is 0 Å². The molecule has 1 N–H and O–H groups in total. The maximum Gasteiger partial charge on any atom is 0.134 e. The SMILES string of the molecule is CCCN(CCC)c1cc(NCc2cccnc2)ncn1. The third-order valence-corrected chi connectivity index (χ3v) is 3.16. The Balaban J connectivity index is 2.02. The van der Waals surface area contributed by atoms with Crippen LogP contribution in [0.2, 0.25) is 0 Å². The summed E-state index contributed by atoms with van der Waals surface area (Å²) in [6.07, 6.45) is 7.49. The van der Waals surface area contributed by atoms with E-state index in [-0.39, 0.29) is 0 Å². The highest BCUT2D eigenvalue weighted by Crippen LogP contribution is 2.15. The van der Waals surface area contributed by atoms with Crippen molar-refractivity contribution >= 4 is 11.6 Å². The van der Waals surface area contributed by atoms with Crippen LogP contribution in [0.1, 0.15) is 32.3 Å². The van der Waals surface area contributed by atoms with Crippen LogP contribution in [0.4, 0.5) is 11.6 Å². The van der Waals surface area contributed by atoms with Crippen LogP contribution in [0.5, 0.6) is 0 Å². The van der Waals surface area contributed by atoms with Gasteiger partial charge < -0.3 is 10.2 Å². The number of aromatic nitrogens is 3. The van der Waals surface area contributed by atoms with Gasteiger partial charge in [-0.2, -0.15) is 0 Å². The second-order valence-corrected chi connectivity index (χ2v) is 4.96. The van der Waals surface area contributed by atoms with Gasteiger partial charge in [0.2, 0.25) is 0 Å². The second-order valence-electron chi connectivity index (χ2n) is 4.96. The fourth-order valence-corrected chi connectivity index (χ4v) is 2.19. The van der Waals surface area contributed by atoms with Crippen molar-refractivity contribution in [3.05, 3.63) is 42.5 Å². The smallest absolute Gasteiger partial charge is 0.134 e. The number of hydrogen-bond acceptors (Lipinski definition) is 5. The first-order valence-electron chi connectivity index (χ1n) is 7.53. The summed E-state index contributed by atoms with van der Waals surface area (Å²) >= 11 is 0. The Morgan fingerprint density at radius 3 is 2.62 bits per heavy atom. The van der Waals surface area contributed by atoms with Gasteiger partial charge in [0, 0.05) is 38.1 Å². The lowest BCUT2D eigenvalue weighted by atomic mass is 10.3. The summed E-state index contributed by atoms with van der Waals surface area (Å²) in [6, 6.07) is 6.00. The number of nitrogens with zero attached hydrogens (tertiary/aromatic N) is 4. The third kappa shape index (κ3) is 4.70. The first-order valence-corrected chi connectivity index (χ1v) is 7.53. The fraction of sp³-hybridized carbons (Fsp3) is 0.438. The van der Waals surface area contributed by atoms with Crippen LogP contribution in [0, 0.1) is 0 Å². The molecule has 0 aliphatic heterocycles. The van der Waals surface area contributed by atoms with E-state index >= 15 is 0 Å². The number of anilines is 2. The van der Waals surface area contributed by atoms with Gasteiger partial charge in [0.05, 0.1) is 0 Å². The summed E-state index contributed by atoms with van der Waals surface area (Å²) < 4.78 is 0. The first-order chi connectivity index (χ1) is 10.3. The van der Waals surface area contributed by atoms with Crippen LogP contribution in [-0.2, 0) is 6.54 Å². The Bertz CT molecular complexity index is 523. The quantitative estimate of drug-likeness (QED) is 0.807. The van der Waals surface area contributed by atoms with Gasteiger partial charge in [0.1, 0.15) is 18.0 Å². The highest BCUT2D eigenvalue weighted by Gasteiger charge is 2.07. The normalized spacial score (nSPS) is 10.4. The maximum absolute atomic E-state index is 4.39. The lowest BCUT2D eigenvalue weighted by Gasteiger charge is -2.22. The van der Waals surface area contributed by atoms with Gasteiger partial charge in [0.15, 0.2) is 0 Å². The number of pyridine rings is 1. The van der Waals surface area contributed by atoms with Crippen LogP contribution < -0.4 is 10.2 Å². The summed E-state index contributed by atoms with van der Waals surface area (Å²) in [4.78, 5) is 15.1. The lowest BCUT2D eigenvalue weighted by molar-refractivity contribution is 0.732. The van der Waals surface area contributed by atoms with Crippen molar-refractivity contribution < 1.29 is 0 Å². The molecule has 2 rings (SSSR count). The van der Waals surface area contributed by atoms with Gasteiger partial charge in [0.25, 0.3) is 0 Å². The van der Waals surface area contributed by atoms with Crippen molar-refractivity contribution in [2.24, 2.45) is 0 Å². The van der Waals surface area contributed by atoms with E-state index in [0.717, 1.165) is 43.1 Å². The third-order valence-electron chi connectivity index (χ3n) is 3.16. The molecule has 21 heavy (non-hydrogen) atoms. The molecule has 0 bridgehead atoms. The summed E-state index contributed by atoms with van der Waals surface area (Å²) in [5, 5.41) is 3.32. The minimum absolute atomic E-state index is 0.714. The minimum Gasteiger partial charge on any atom is -0.366 e. The van der Waals surface area contributed by atoms with E-state index in [4.69, 9.17) is 0 Å². The van der Waals surface area contributed by atoms with E-state index in [1.54, 1.807) is 12.5 Å². The highest BCUT2D eigenvalue weighted by molar-refractivity contribution is 5.48. The standard InChI is InChI=1S/C16H23N5/c1-3-8-21(9-4-2)16-10-15(19-13-20-16)18-12-14-6-5-7-17-11-14/h5-7,10-11,13H,3-4,8-9,12H2,1-2H3,(H,18,19,20). The Labute approximate surface area is 126 Å². The van der Waals surface area contributed by atoms with Crippen molar-refractivity contribution in [2.75, 3.05) is 23.3 Å². The van der Waals surface area contributed by atoms with Crippen molar-refractivity contribution in [3.8, 4) is 0 Å². The van der Waals surface area contributed by atoms with Crippen LogP contribution >= 0.6 is 0 Å². The Kier molecular flexibility index (Phi) is 5.94. The molecule has 0 saturated heterocycles. The molecule has 0 radical (unpaired) electrons. The molecule has 0 fully saturated rings. The molecule has 0 aliphatic carbocycles.